The summed E-state index contributed by atoms with van der Waals surface area (Å²) in [5.74, 6) is 0.456. The van der Waals surface area contributed by atoms with Gasteiger partial charge in [0.15, 0.2) is 5.15 Å². The van der Waals surface area contributed by atoms with Crippen molar-refractivity contribution in [3.8, 4) is 17.3 Å². The molecule has 2 N–H and O–H groups in total. The molecule has 2 heterocycles. The van der Waals surface area contributed by atoms with E-state index in [0.717, 1.165) is 17.5 Å². The van der Waals surface area contributed by atoms with Gasteiger partial charge in [-0.25, -0.2) is 4.79 Å². The Kier molecular flexibility index (Phi) is 3.90. The van der Waals surface area contributed by atoms with E-state index in [1.807, 2.05) is 12.1 Å². The van der Waals surface area contributed by atoms with Crippen molar-refractivity contribution in [1.29, 1.82) is 5.26 Å². The molecule has 1 aromatic carbocycles. The van der Waals surface area contributed by atoms with Crippen LogP contribution in [0.15, 0.2) is 46.1 Å². The zero-order chi connectivity index (χ0) is 18.3. The quantitative estimate of drug-likeness (QED) is 0.739. The summed E-state index contributed by atoms with van der Waals surface area (Å²) in [5, 5.41) is 17.1. The number of nitrogens with one attached hydrogen (secondary N) is 2. The Morgan fingerprint density at radius 3 is 2.62 bits per heavy atom. The fourth-order valence-electron chi connectivity index (χ4n) is 3.09. The van der Waals surface area contributed by atoms with E-state index in [9.17, 15) is 9.59 Å². The van der Waals surface area contributed by atoms with E-state index in [-0.39, 0.29) is 17.4 Å². The number of nitriles is 1. The molecule has 26 heavy (non-hydrogen) atoms. The first-order valence-corrected chi connectivity index (χ1v) is 8.30. The average molecular weight is 366 g/mol. The van der Waals surface area contributed by atoms with Gasteiger partial charge in [0.2, 0.25) is 0 Å². The molecule has 7 nitrogen and oxygen atoms in total. The van der Waals surface area contributed by atoms with E-state index in [4.69, 9.17) is 16.9 Å². The molecule has 1 aliphatic rings. The van der Waals surface area contributed by atoms with Gasteiger partial charge in [0.05, 0.1) is 17.2 Å². The molecule has 0 saturated heterocycles. The van der Waals surface area contributed by atoms with Gasteiger partial charge < -0.3 is 4.98 Å². The van der Waals surface area contributed by atoms with Crippen molar-refractivity contribution in [2.45, 2.75) is 18.3 Å². The Bertz CT molecular complexity index is 1140. The molecule has 128 valence electrons. The summed E-state index contributed by atoms with van der Waals surface area (Å²) < 4.78 is 0. The zero-order valence-electron chi connectivity index (χ0n) is 13.4. The Labute approximate surface area is 152 Å². The van der Waals surface area contributed by atoms with E-state index < -0.39 is 11.2 Å². The highest BCUT2D eigenvalue weighted by Gasteiger charge is 2.41. The van der Waals surface area contributed by atoms with Crippen molar-refractivity contribution in [2.75, 3.05) is 0 Å². The van der Waals surface area contributed by atoms with Gasteiger partial charge in [-0.2, -0.15) is 5.26 Å². The summed E-state index contributed by atoms with van der Waals surface area (Å²) in [4.78, 5) is 27.7. The van der Waals surface area contributed by atoms with E-state index >= 15 is 0 Å². The summed E-state index contributed by atoms with van der Waals surface area (Å²) >= 11 is 6.22. The standard InChI is InChI=1S/C18H12ClN5O2/c19-16-13(12-5-11(12)10-3-1-9(7-20)2-4-10)6-15(23-24-16)14-8-21-18(26)22-17(14)25/h1-4,6,8,11-12H,5H2,(H2,21,22,25,26)/t11-,12+/m1/s1. The lowest BCUT2D eigenvalue weighted by Crippen LogP contribution is -2.23. The molecule has 2 aromatic heterocycles. The van der Waals surface area contributed by atoms with Crippen molar-refractivity contribution in [1.82, 2.24) is 20.2 Å². The maximum Gasteiger partial charge on any atom is 0.325 e. The average Bonchev–Trinajstić information content (AvgIpc) is 3.43. The monoisotopic (exact) mass is 365 g/mol. The van der Waals surface area contributed by atoms with Crippen molar-refractivity contribution in [3.63, 3.8) is 0 Å². The van der Waals surface area contributed by atoms with Crippen molar-refractivity contribution >= 4 is 11.6 Å². The molecule has 1 fully saturated rings. The molecule has 1 aliphatic carbocycles. The van der Waals surface area contributed by atoms with Crippen LogP contribution in [-0.4, -0.2) is 20.2 Å². The SMILES string of the molecule is N#Cc1ccc([C@H]2C[C@@H]2c2cc(-c3c[nH]c(=O)[nH]c3=O)nnc2Cl)cc1. The van der Waals surface area contributed by atoms with Gasteiger partial charge in [0.1, 0.15) is 5.69 Å². The number of nitrogens with zero attached hydrogens (tertiary/aromatic N) is 3. The third kappa shape index (κ3) is 2.91. The highest BCUT2D eigenvalue weighted by molar-refractivity contribution is 6.30. The predicted molar refractivity (Wildman–Crippen MR) is 95.0 cm³/mol. The van der Waals surface area contributed by atoms with Crippen LogP contribution in [0.2, 0.25) is 5.15 Å². The maximum atomic E-state index is 12.0. The Morgan fingerprint density at radius 2 is 1.92 bits per heavy atom. The molecule has 8 heteroatoms. The number of aromatic amines is 2. The first-order chi connectivity index (χ1) is 12.6. The predicted octanol–water partition coefficient (Wildman–Crippen LogP) is 2.32. The van der Waals surface area contributed by atoms with Crippen LogP contribution in [0.25, 0.3) is 11.3 Å². The van der Waals surface area contributed by atoms with Crippen LogP contribution in [0.4, 0.5) is 0 Å². The number of aromatic nitrogens is 4. The van der Waals surface area contributed by atoms with Gasteiger partial charge in [-0.05, 0) is 47.6 Å². The van der Waals surface area contributed by atoms with Crippen LogP contribution in [0.3, 0.4) is 0 Å². The Hall–Kier alpha value is -3.24. The Balaban J connectivity index is 1.66. The van der Waals surface area contributed by atoms with E-state index in [1.54, 1.807) is 18.2 Å². The smallest absolute Gasteiger partial charge is 0.313 e. The number of rotatable bonds is 3. The minimum Gasteiger partial charge on any atom is -0.313 e. The molecule has 4 rings (SSSR count). The molecule has 0 spiro atoms. The third-order valence-corrected chi connectivity index (χ3v) is 4.82. The van der Waals surface area contributed by atoms with Crippen LogP contribution in [0.1, 0.15) is 34.9 Å². The molecule has 0 aliphatic heterocycles. The lowest BCUT2D eigenvalue weighted by atomic mass is 10.0. The number of hydrogen-bond donors (Lipinski definition) is 2. The van der Waals surface area contributed by atoms with Crippen molar-refractivity contribution < 1.29 is 0 Å². The lowest BCUT2D eigenvalue weighted by molar-refractivity contribution is 0.951. The summed E-state index contributed by atoms with van der Waals surface area (Å²) in [6, 6.07) is 11.3. The minimum absolute atomic E-state index is 0.173. The van der Waals surface area contributed by atoms with Crippen LogP contribution in [0.5, 0.6) is 0 Å². The highest BCUT2D eigenvalue weighted by Crippen LogP contribution is 2.56. The second-order valence-corrected chi connectivity index (χ2v) is 6.50. The van der Waals surface area contributed by atoms with Gasteiger partial charge in [-0.15, -0.1) is 10.2 Å². The van der Waals surface area contributed by atoms with Crippen LogP contribution in [0, 0.1) is 11.3 Å². The zero-order valence-corrected chi connectivity index (χ0v) is 14.1. The summed E-state index contributed by atoms with van der Waals surface area (Å²) in [5.41, 5.74) is 2.04. The fraction of sp³-hybridized carbons (Fsp3) is 0.167. The first-order valence-electron chi connectivity index (χ1n) is 7.92. The van der Waals surface area contributed by atoms with Gasteiger partial charge >= 0.3 is 5.69 Å². The number of H-pyrrole nitrogens is 2. The molecular formula is C18H12ClN5O2. The second-order valence-electron chi connectivity index (χ2n) is 6.14. The normalized spacial score (nSPS) is 18.3. The van der Waals surface area contributed by atoms with Crippen molar-refractivity contribution in [3.05, 3.63) is 79.2 Å². The molecule has 0 radical (unpaired) electrons. The van der Waals surface area contributed by atoms with E-state index in [0.29, 0.717) is 16.4 Å². The number of hydrogen-bond acceptors (Lipinski definition) is 5. The summed E-state index contributed by atoms with van der Waals surface area (Å²) in [6.07, 6.45) is 2.21. The van der Waals surface area contributed by atoms with Gasteiger partial charge in [-0.3, -0.25) is 9.78 Å². The Morgan fingerprint density at radius 1 is 1.15 bits per heavy atom. The molecule has 0 bridgehead atoms. The largest absolute Gasteiger partial charge is 0.325 e. The van der Waals surface area contributed by atoms with E-state index in [2.05, 4.69) is 26.2 Å². The van der Waals surface area contributed by atoms with Gasteiger partial charge in [-0.1, -0.05) is 23.7 Å². The van der Waals surface area contributed by atoms with Crippen molar-refractivity contribution in [2.24, 2.45) is 0 Å². The number of benzene rings is 1. The minimum atomic E-state index is -0.580. The van der Waals surface area contributed by atoms with Crippen LogP contribution in [-0.2, 0) is 0 Å². The molecular weight excluding hydrogens is 354 g/mol. The molecule has 1 saturated carbocycles. The van der Waals surface area contributed by atoms with E-state index in [1.165, 1.54) is 6.20 Å². The van der Waals surface area contributed by atoms with Gasteiger partial charge in [0, 0.05) is 6.20 Å². The summed E-state index contributed by atoms with van der Waals surface area (Å²) in [7, 11) is 0. The number of halogens is 1. The molecule has 0 unspecified atom stereocenters. The third-order valence-electron chi connectivity index (χ3n) is 4.53. The molecule has 2 atom stereocenters. The molecule has 0 amide bonds. The second kappa shape index (κ2) is 6.24. The highest BCUT2D eigenvalue weighted by atomic mass is 35.5. The van der Waals surface area contributed by atoms with Crippen LogP contribution >= 0.6 is 11.6 Å². The lowest BCUT2D eigenvalue weighted by Gasteiger charge is -2.06. The maximum absolute atomic E-state index is 12.0. The topological polar surface area (TPSA) is 115 Å². The first kappa shape index (κ1) is 16.2. The fourth-order valence-corrected chi connectivity index (χ4v) is 3.33. The van der Waals surface area contributed by atoms with Crippen LogP contribution < -0.4 is 11.2 Å². The van der Waals surface area contributed by atoms with Gasteiger partial charge in [0.25, 0.3) is 5.56 Å². The summed E-state index contributed by atoms with van der Waals surface area (Å²) in [6.45, 7) is 0. The molecule has 3 aromatic rings.